The van der Waals surface area contributed by atoms with Crippen molar-refractivity contribution < 1.29 is 13.2 Å². The number of benzene rings is 1. The minimum atomic E-state index is -3.50. The van der Waals surface area contributed by atoms with Gasteiger partial charge < -0.3 is 5.32 Å². The maximum atomic E-state index is 12.9. The van der Waals surface area contributed by atoms with Gasteiger partial charge in [0.15, 0.2) is 0 Å². The van der Waals surface area contributed by atoms with E-state index in [9.17, 15) is 13.2 Å². The van der Waals surface area contributed by atoms with Crippen LogP contribution in [0.4, 0.5) is 0 Å². The molecule has 1 aromatic rings. The Balaban J connectivity index is 2.03. The van der Waals surface area contributed by atoms with E-state index >= 15 is 0 Å². The highest BCUT2D eigenvalue weighted by Crippen LogP contribution is 2.22. The summed E-state index contributed by atoms with van der Waals surface area (Å²) in [6, 6.07) is 5.10. The summed E-state index contributed by atoms with van der Waals surface area (Å²) in [4.78, 5) is 14.4. The first-order valence-corrected chi connectivity index (χ1v) is 9.91. The summed E-state index contributed by atoms with van der Waals surface area (Å²) in [5.74, 6) is -0.0643. The van der Waals surface area contributed by atoms with E-state index in [1.165, 1.54) is 4.31 Å². The molecule has 0 saturated carbocycles. The molecule has 1 saturated heterocycles. The molecule has 0 radical (unpaired) electrons. The number of hydrogen-bond acceptors (Lipinski definition) is 4. The zero-order valence-corrected chi connectivity index (χ0v) is 16.0. The lowest BCUT2D eigenvalue weighted by Crippen LogP contribution is -2.54. The highest BCUT2D eigenvalue weighted by Gasteiger charge is 2.32. The second-order valence-corrected chi connectivity index (χ2v) is 8.33. The van der Waals surface area contributed by atoms with Crippen LogP contribution < -0.4 is 5.32 Å². The monoisotopic (exact) mass is 365 g/mol. The number of carbonyl (C=O) groups is 1. The van der Waals surface area contributed by atoms with Crippen LogP contribution in [0.15, 0.2) is 35.7 Å². The van der Waals surface area contributed by atoms with Crippen molar-refractivity contribution >= 4 is 15.9 Å². The lowest BCUT2D eigenvalue weighted by molar-refractivity contribution is -0.126. The number of sulfonamides is 1. The standard InChI is InChI=1S/C18H27N3O3S/c1-5-8-19-18(22)16(4)20-9-11-21(12-10-20)25(23,24)17-7-6-14(2)13-15(17)3/h5-7,13,16H,1,8-12H2,2-4H3,(H,19,22). The van der Waals surface area contributed by atoms with E-state index < -0.39 is 10.0 Å². The third kappa shape index (κ3) is 4.48. The van der Waals surface area contributed by atoms with Gasteiger partial charge in [0.25, 0.3) is 0 Å². The Morgan fingerprint density at radius 3 is 2.48 bits per heavy atom. The van der Waals surface area contributed by atoms with Crippen LogP contribution in [0.25, 0.3) is 0 Å². The summed E-state index contributed by atoms with van der Waals surface area (Å²) in [6.45, 7) is 11.5. The summed E-state index contributed by atoms with van der Waals surface area (Å²) in [5.41, 5.74) is 1.81. The van der Waals surface area contributed by atoms with Crippen LogP contribution in [-0.4, -0.2) is 62.3 Å². The molecule has 1 fully saturated rings. The number of hydrogen-bond donors (Lipinski definition) is 1. The average Bonchev–Trinajstić information content (AvgIpc) is 2.58. The van der Waals surface area contributed by atoms with E-state index in [0.29, 0.717) is 37.6 Å². The Morgan fingerprint density at radius 2 is 1.92 bits per heavy atom. The maximum Gasteiger partial charge on any atom is 0.243 e. The van der Waals surface area contributed by atoms with Gasteiger partial charge in [-0.1, -0.05) is 23.8 Å². The lowest BCUT2D eigenvalue weighted by atomic mass is 10.2. The molecule has 0 spiro atoms. The van der Waals surface area contributed by atoms with E-state index in [0.717, 1.165) is 11.1 Å². The van der Waals surface area contributed by atoms with Crippen molar-refractivity contribution in [3.8, 4) is 0 Å². The fourth-order valence-corrected chi connectivity index (χ4v) is 4.67. The molecule has 1 N–H and O–H groups in total. The van der Waals surface area contributed by atoms with E-state index in [2.05, 4.69) is 11.9 Å². The number of carbonyl (C=O) groups excluding carboxylic acids is 1. The van der Waals surface area contributed by atoms with Gasteiger partial charge in [0.05, 0.1) is 10.9 Å². The highest BCUT2D eigenvalue weighted by molar-refractivity contribution is 7.89. The molecule has 138 valence electrons. The Bertz CT molecular complexity index is 738. The molecular formula is C18H27N3O3S. The second-order valence-electron chi connectivity index (χ2n) is 6.42. The van der Waals surface area contributed by atoms with Gasteiger partial charge in [0.1, 0.15) is 0 Å². The SMILES string of the molecule is C=CCNC(=O)C(C)N1CCN(S(=O)(=O)c2ccc(C)cc2C)CC1. The Morgan fingerprint density at radius 1 is 1.28 bits per heavy atom. The third-order valence-corrected chi connectivity index (χ3v) is 6.63. The van der Waals surface area contributed by atoms with Crippen LogP contribution in [0.2, 0.25) is 0 Å². The van der Waals surface area contributed by atoms with Gasteiger partial charge in [0, 0.05) is 32.7 Å². The predicted octanol–water partition coefficient (Wildman–Crippen LogP) is 1.30. The summed E-state index contributed by atoms with van der Waals surface area (Å²) in [6.07, 6.45) is 1.64. The Kier molecular flexibility index (Phi) is 6.37. The topological polar surface area (TPSA) is 69.7 Å². The molecular weight excluding hydrogens is 338 g/mol. The highest BCUT2D eigenvalue weighted by atomic mass is 32.2. The normalized spacial score (nSPS) is 17.9. The van der Waals surface area contributed by atoms with Crippen molar-refractivity contribution in [1.29, 1.82) is 0 Å². The quantitative estimate of drug-likeness (QED) is 0.772. The zero-order valence-electron chi connectivity index (χ0n) is 15.2. The number of piperazine rings is 1. The molecule has 6 nitrogen and oxygen atoms in total. The van der Waals surface area contributed by atoms with Crippen molar-refractivity contribution in [1.82, 2.24) is 14.5 Å². The van der Waals surface area contributed by atoms with E-state index in [1.54, 1.807) is 12.1 Å². The molecule has 7 heteroatoms. The molecule has 1 aliphatic rings. The van der Waals surface area contributed by atoms with Gasteiger partial charge in [-0.25, -0.2) is 8.42 Å². The molecule has 0 aliphatic carbocycles. The van der Waals surface area contributed by atoms with Crippen LogP contribution >= 0.6 is 0 Å². The van der Waals surface area contributed by atoms with Gasteiger partial charge in [-0.3, -0.25) is 9.69 Å². The minimum absolute atomic E-state index is 0.0643. The second kappa shape index (κ2) is 8.12. The van der Waals surface area contributed by atoms with Gasteiger partial charge >= 0.3 is 0 Å². The maximum absolute atomic E-state index is 12.9. The lowest BCUT2D eigenvalue weighted by Gasteiger charge is -2.36. The molecule has 1 aromatic carbocycles. The first-order chi connectivity index (χ1) is 11.8. The minimum Gasteiger partial charge on any atom is -0.351 e. The van der Waals surface area contributed by atoms with Crippen molar-refractivity contribution in [2.75, 3.05) is 32.7 Å². The first kappa shape index (κ1) is 19.6. The smallest absolute Gasteiger partial charge is 0.243 e. The molecule has 1 amide bonds. The fraction of sp³-hybridized carbons (Fsp3) is 0.500. The number of nitrogens with zero attached hydrogens (tertiary/aromatic N) is 2. The largest absolute Gasteiger partial charge is 0.351 e. The number of rotatable bonds is 6. The van der Waals surface area contributed by atoms with Crippen LogP contribution in [0.1, 0.15) is 18.1 Å². The molecule has 2 rings (SSSR count). The number of aryl methyl sites for hydroxylation is 2. The van der Waals surface area contributed by atoms with Crippen molar-refractivity contribution in [3.63, 3.8) is 0 Å². The summed E-state index contributed by atoms with van der Waals surface area (Å²) < 4.78 is 27.3. The van der Waals surface area contributed by atoms with Crippen molar-refractivity contribution in [3.05, 3.63) is 42.0 Å². The molecule has 1 aliphatic heterocycles. The van der Waals surface area contributed by atoms with Gasteiger partial charge in [-0.2, -0.15) is 4.31 Å². The Hall–Kier alpha value is -1.70. The van der Waals surface area contributed by atoms with Crippen LogP contribution in [-0.2, 0) is 14.8 Å². The summed E-state index contributed by atoms with van der Waals surface area (Å²) in [7, 11) is -3.50. The fourth-order valence-electron chi connectivity index (χ4n) is 3.05. The predicted molar refractivity (Wildman–Crippen MR) is 98.9 cm³/mol. The number of nitrogens with one attached hydrogen (secondary N) is 1. The summed E-state index contributed by atoms with van der Waals surface area (Å²) in [5, 5.41) is 2.78. The van der Waals surface area contributed by atoms with Crippen LogP contribution in [0.3, 0.4) is 0 Å². The van der Waals surface area contributed by atoms with Gasteiger partial charge in [-0.15, -0.1) is 6.58 Å². The van der Waals surface area contributed by atoms with Crippen LogP contribution in [0.5, 0.6) is 0 Å². The molecule has 0 aromatic heterocycles. The molecule has 25 heavy (non-hydrogen) atoms. The number of amides is 1. The van der Waals surface area contributed by atoms with Crippen LogP contribution in [0, 0.1) is 13.8 Å². The first-order valence-electron chi connectivity index (χ1n) is 8.47. The van der Waals surface area contributed by atoms with E-state index in [4.69, 9.17) is 0 Å². The summed E-state index contributed by atoms with van der Waals surface area (Å²) >= 11 is 0. The Labute approximate surface area is 150 Å². The molecule has 0 bridgehead atoms. The molecule has 1 atom stereocenters. The van der Waals surface area contributed by atoms with Gasteiger partial charge in [0.2, 0.25) is 15.9 Å². The molecule has 1 unspecified atom stereocenters. The third-order valence-electron chi connectivity index (χ3n) is 4.57. The van der Waals surface area contributed by atoms with Crippen molar-refractivity contribution in [2.24, 2.45) is 0 Å². The molecule has 1 heterocycles. The van der Waals surface area contributed by atoms with Gasteiger partial charge in [-0.05, 0) is 32.4 Å². The average molecular weight is 365 g/mol. The van der Waals surface area contributed by atoms with Crippen molar-refractivity contribution in [2.45, 2.75) is 31.7 Å². The van der Waals surface area contributed by atoms with E-state index in [-0.39, 0.29) is 11.9 Å². The zero-order chi connectivity index (χ0) is 18.6. The van der Waals surface area contributed by atoms with E-state index in [1.807, 2.05) is 37.8 Å².